The predicted octanol–water partition coefficient (Wildman–Crippen LogP) is 15.0. The van der Waals surface area contributed by atoms with Crippen LogP contribution in [0.2, 0.25) is 0 Å². The highest BCUT2D eigenvalue weighted by molar-refractivity contribution is 7.02. The molecule has 15 rings (SSSR count). The van der Waals surface area contributed by atoms with Gasteiger partial charge in [0.15, 0.2) is 0 Å². The molecule has 6 heteroatoms. The molecule has 4 aliphatic heterocycles. The summed E-state index contributed by atoms with van der Waals surface area (Å²) in [6.45, 7) is 13.0. The van der Waals surface area contributed by atoms with Crippen LogP contribution < -0.4 is 52.1 Å². The minimum atomic E-state index is -0.157. The molecule has 0 unspecified atom stereocenters. The zero-order chi connectivity index (χ0) is 52.5. The van der Waals surface area contributed by atoms with Crippen LogP contribution >= 0.6 is 0 Å². The van der Waals surface area contributed by atoms with Crippen LogP contribution in [0.25, 0.3) is 44.5 Å². The predicted molar refractivity (Wildman–Crippen MR) is 328 cm³/mol. The number of nitrogens with zero attached hydrogens (tertiary/aromatic N) is 2. The standard InChI is InChI=1S/C72H54B2N2O2/c1-43-19-7-13-25-53(43)49-31-33-57-63(35-49)75(61-29-17-11-23-47(61)5)65-37-51(55-27-15-9-21-45(55)3)39-69-71(65)73(57)59-41-60-68(42-67(59)77-69)78-70-40-52(56-28-16-10-22-46(56)4)38-66-72(70)74(60)58-34-32-50(54-26-14-8-20-44(54)2)36-64(58)76(66)62-30-18-12-24-48(62)6/h7-42H,1-6H3. The van der Waals surface area contributed by atoms with E-state index in [-0.39, 0.29) is 13.4 Å². The molecule has 0 atom stereocenters. The second-order valence-corrected chi connectivity index (χ2v) is 21.9. The average molecular weight is 1000 g/mol. The monoisotopic (exact) mass is 1000 g/mol. The van der Waals surface area contributed by atoms with Gasteiger partial charge < -0.3 is 19.3 Å². The molecule has 11 aromatic carbocycles. The fraction of sp³-hybridized carbons (Fsp3) is 0.0833. The second-order valence-electron chi connectivity index (χ2n) is 21.9. The molecule has 0 N–H and O–H groups in total. The smallest absolute Gasteiger partial charge is 0.256 e. The van der Waals surface area contributed by atoms with Crippen molar-refractivity contribution in [1.29, 1.82) is 0 Å². The summed E-state index contributed by atoms with van der Waals surface area (Å²) < 4.78 is 14.9. The summed E-state index contributed by atoms with van der Waals surface area (Å²) in [5.41, 5.74) is 30.6. The fourth-order valence-corrected chi connectivity index (χ4v) is 13.4. The van der Waals surface area contributed by atoms with Gasteiger partial charge in [0.1, 0.15) is 23.0 Å². The van der Waals surface area contributed by atoms with Gasteiger partial charge in [0.05, 0.1) is 0 Å². The Balaban J connectivity index is 1.01. The zero-order valence-corrected chi connectivity index (χ0v) is 44.7. The van der Waals surface area contributed by atoms with Crippen molar-refractivity contribution in [2.75, 3.05) is 9.80 Å². The van der Waals surface area contributed by atoms with E-state index in [1.807, 2.05) is 0 Å². The molecule has 370 valence electrons. The molecule has 4 nitrogen and oxygen atoms in total. The summed E-state index contributed by atoms with van der Waals surface area (Å²) in [5.74, 6) is 3.33. The molecule has 0 saturated carbocycles. The molecule has 0 aromatic heterocycles. The number of rotatable bonds is 6. The first-order chi connectivity index (χ1) is 38.2. The van der Waals surface area contributed by atoms with Crippen LogP contribution in [-0.2, 0) is 0 Å². The van der Waals surface area contributed by atoms with Crippen molar-refractivity contribution in [3.8, 4) is 67.5 Å². The summed E-state index contributed by atoms with van der Waals surface area (Å²) in [5, 5.41) is 0. The molecule has 0 spiro atoms. The summed E-state index contributed by atoms with van der Waals surface area (Å²) in [7, 11) is 0. The SMILES string of the molecule is Cc1ccccc1-c1ccc2c(c1)N(c1ccccc1C)c1cc(-c3ccccc3C)cc3c1B2c1cc2c(cc1O3)Oc1cc(-c3ccccc3C)cc3c1B2c1ccc(-c2ccccc2C)cc1N3c1ccccc1C. The third-order valence-corrected chi connectivity index (χ3v) is 17.2. The van der Waals surface area contributed by atoms with E-state index in [9.17, 15) is 0 Å². The molecule has 0 bridgehead atoms. The van der Waals surface area contributed by atoms with E-state index in [0.717, 1.165) is 90.1 Å². The third-order valence-electron chi connectivity index (χ3n) is 17.2. The number of hydrogen-bond acceptors (Lipinski definition) is 4. The molecule has 11 aromatic rings. The molecular formula is C72H54B2N2O2. The van der Waals surface area contributed by atoms with E-state index < -0.39 is 0 Å². The minimum absolute atomic E-state index is 0.157. The Bertz CT molecular complexity index is 4080. The zero-order valence-electron chi connectivity index (χ0n) is 44.7. The molecule has 0 amide bonds. The first-order valence-corrected chi connectivity index (χ1v) is 27.3. The maximum absolute atomic E-state index is 7.45. The number of ether oxygens (including phenoxy) is 2. The average Bonchev–Trinajstić information content (AvgIpc) is 3.65. The maximum Gasteiger partial charge on any atom is 0.256 e. The van der Waals surface area contributed by atoms with E-state index in [2.05, 4.69) is 270 Å². The summed E-state index contributed by atoms with van der Waals surface area (Å²) in [6.07, 6.45) is 0. The van der Waals surface area contributed by atoms with Crippen molar-refractivity contribution in [2.45, 2.75) is 41.5 Å². The lowest BCUT2D eigenvalue weighted by atomic mass is 9.31. The van der Waals surface area contributed by atoms with Gasteiger partial charge in [-0.15, -0.1) is 0 Å². The van der Waals surface area contributed by atoms with Crippen LogP contribution in [0, 0.1) is 41.5 Å². The molecule has 0 saturated heterocycles. The van der Waals surface area contributed by atoms with Crippen LogP contribution in [0.15, 0.2) is 218 Å². The van der Waals surface area contributed by atoms with Gasteiger partial charge in [-0.3, -0.25) is 0 Å². The highest BCUT2D eigenvalue weighted by Gasteiger charge is 2.47. The molecular weight excluding hydrogens is 946 g/mol. The van der Waals surface area contributed by atoms with Gasteiger partial charge in [0.25, 0.3) is 13.4 Å². The Kier molecular flexibility index (Phi) is 10.4. The first-order valence-electron chi connectivity index (χ1n) is 27.3. The van der Waals surface area contributed by atoms with Gasteiger partial charge >= 0.3 is 0 Å². The van der Waals surface area contributed by atoms with Crippen molar-refractivity contribution in [3.05, 3.63) is 252 Å². The van der Waals surface area contributed by atoms with E-state index in [1.165, 1.54) is 77.7 Å². The molecule has 4 aliphatic rings. The Morgan fingerprint density at radius 1 is 0.256 bits per heavy atom. The minimum Gasteiger partial charge on any atom is -0.458 e. The molecule has 0 aliphatic carbocycles. The normalized spacial score (nSPS) is 13.1. The Morgan fingerprint density at radius 2 is 0.590 bits per heavy atom. The van der Waals surface area contributed by atoms with E-state index >= 15 is 0 Å². The van der Waals surface area contributed by atoms with Gasteiger partial charge in [-0.05, 0) is 201 Å². The summed E-state index contributed by atoms with van der Waals surface area (Å²) >= 11 is 0. The van der Waals surface area contributed by atoms with Gasteiger partial charge in [-0.25, -0.2) is 0 Å². The lowest BCUT2D eigenvalue weighted by Gasteiger charge is -2.43. The lowest BCUT2D eigenvalue weighted by Crippen LogP contribution is -2.63. The van der Waals surface area contributed by atoms with E-state index in [4.69, 9.17) is 9.47 Å². The number of para-hydroxylation sites is 2. The molecule has 0 radical (unpaired) electrons. The van der Waals surface area contributed by atoms with Crippen molar-refractivity contribution in [2.24, 2.45) is 0 Å². The van der Waals surface area contributed by atoms with Crippen molar-refractivity contribution in [3.63, 3.8) is 0 Å². The van der Waals surface area contributed by atoms with Crippen LogP contribution in [0.3, 0.4) is 0 Å². The van der Waals surface area contributed by atoms with Crippen LogP contribution in [-0.4, -0.2) is 13.4 Å². The Labute approximate surface area is 458 Å². The first kappa shape index (κ1) is 46.1. The number of fused-ring (bicyclic) bond motifs is 8. The van der Waals surface area contributed by atoms with Crippen LogP contribution in [0.5, 0.6) is 23.0 Å². The van der Waals surface area contributed by atoms with Crippen LogP contribution in [0.4, 0.5) is 34.1 Å². The lowest BCUT2D eigenvalue weighted by molar-refractivity contribution is 0.466. The number of aryl methyl sites for hydroxylation is 6. The quantitative estimate of drug-likeness (QED) is 0.155. The third kappa shape index (κ3) is 7.02. The number of benzene rings is 11. The van der Waals surface area contributed by atoms with Gasteiger partial charge in [-0.1, -0.05) is 164 Å². The highest BCUT2D eigenvalue weighted by atomic mass is 16.5. The Hall–Kier alpha value is -9.25. The maximum atomic E-state index is 7.45. The second kappa shape index (κ2) is 17.7. The van der Waals surface area contributed by atoms with E-state index in [0.29, 0.717) is 0 Å². The van der Waals surface area contributed by atoms with E-state index in [1.54, 1.807) is 0 Å². The fourth-order valence-electron chi connectivity index (χ4n) is 13.4. The largest absolute Gasteiger partial charge is 0.458 e. The van der Waals surface area contributed by atoms with Gasteiger partial charge in [-0.2, -0.15) is 0 Å². The summed E-state index contributed by atoms with van der Waals surface area (Å²) in [6, 6.07) is 80.8. The molecule has 0 fully saturated rings. The highest BCUT2D eigenvalue weighted by Crippen LogP contribution is 2.49. The van der Waals surface area contributed by atoms with Gasteiger partial charge in [0.2, 0.25) is 0 Å². The summed E-state index contributed by atoms with van der Waals surface area (Å²) in [4.78, 5) is 5.02. The molecule has 78 heavy (non-hydrogen) atoms. The van der Waals surface area contributed by atoms with Crippen LogP contribution in [0.1, 0.15) is 33.4 Å². The van der Waals surface area contributed by atoms with Gasteiger partial charge in [0, 0.05) is 40.2 Å². The molecule has 4 heterocycles. The van der Waals surface area contributed by atoms with Crippen molar-refractivity contribution in [1.82, 2.24) is 0 Å². The Morgan fingerprint density at radius 3 is 0.962 bits per heavy atom. The topological polar surface area (TPSA) is 24.9 Å². The number of hydrogen-bond donors (Lipinski definition) is 0. The van der Waals surface area contributed by atoms with Crippen molar-refractivity contribution >= 4 is 80.3 Å². The van der Waals surface area contributed by atoms with Crippen molar-refractivity contribution < 1.29 is 9.47 Å². The number of anilines is 6.